The summed E-state index contributed by atoms with van der Waals surface area (Å²) in [6, 6.07) is 18.8. The molecule has 6 heteroatoms. The first-order valence-corrected chi connectivity index (χ1v) is 9.42. The molecule has 0 radical (unpaired) electrons. The van der Waals surface area contributed by atoms with Crippen molar-refractivity contribution in [3.05, 3.63) is 86.9 Å². The number of methoxy groups -OCH3 is 1. The molecule has 1 N–H and O–H groups in total. The molecule has 3 rings (SSSR count). The second-order valence-electron chi connectivity index (χ2n) is 5.84. The Morgan fingerprint density at radius 2 is 1.63 bits per heavy atom. The van der Waals surface area contributed by atoms with E-state index in [0.717, 1.165) is 22.6 Å². The van der Waals surface area contributed by atoms with E-state index in [1.165, 1.54) is 0 Å². The monoisotopic (exact) mass is 421 g/mol. The van der Waals surface area contributed by atoms with Crippen molar-refractivity contribution in [3.63, 3.8) is 0 Å². The molecule has 27 heavy (non-hydrogen) atoms. The molecular formula is C21H18Cl3NO2. The van der Waals surface area contributed by atoms with Gasteiger partial charge in [0, 0.05) is 33.4 Å². The Morgan fingerprint density at radius 1 is 0.815 bits per heavy atom. The molecule has 0 aliphatic carbocycles. The molecule has 0 saturated carbocycles. The van der Waals surface area contributed by atoms with Crippen LogP contribution in [0.25, 0.3) is 0 Å². The van der Waals surface area contributed by atoms with E-state index in [-0.39, 0.29) is 0 Å². The van der Waals surface area contributed by atoms with Crippen LogP contribution in [0.5, 0.6) is 11.5 Å². The van der Waals surface area contributed by atoms with Gasteiger partial charge in [0.1, 0.15) is 18.1 Å². The number of hydrogen-bond acceptors (Lipinski definition) is 3. The van der Waals surface area contributed by atoms with Gasteiger partial charge in [-0.1, -0.05) is 59.1 Å². The normalized spacial score (nSPS) is 10.5. The van der Waals surface area contributed by atoms with E-state index in [2.05, 4.69) is 5.32 Å². The van der Waals surface area contributed by atoms with Gasteiger partial charge in [-0.15, -0.1) is 0 Å². The van der Waals surface area contributed by atoms with Crippen LogP contribution in [0.3, 0.4) is 0 Å². The highest BCUT2D eigenvalue weighted by atomic mass is 35.5. The molecule has 0 amide bonds. The van der Waals surface area contributed by atoms with Gasteiger partial charge in [0.05, 0.1) is 12.1 Å². The van der Waals surface area contributed by atoms with Gasteiger partial charge in [0.25, 0.3) is 0 Å². The number of para-hydroxylation sites is 1. The number of nitrogens with one attached hydrogen (secondary N) is 1. The van der Waals surface area contributed by atoms with Gasteiger partial charge in [-0.2, -0.15) is 0 Å². The van der Waals surface area contributed by atoms with Gasteiger partial charge in [-0.05, 0) is 36.4 Å². The van der Waals surface area contributed by atoms with Gasteiger partial charge >= 0.3 is 0 Å². The third kappa shape index (κ3) is 5.23. The van der Waals surface area contributed by atoms with Crippen molar-refractivity contribution in [2.24, 2.45) is 0 Å². The van der Waals surface area contributed by atoms with Crippen LogP contribution >= 0.6 is 34.8 Å². The van der Waals surface area contributed by atoms with Crippen molar-refractivity contribution in [1.29, 1.82) is 0 Å². The Labute approximate surface area is 173 Å². The summed E-state index contributed by atoms with van der Waals surface area (Å²) in [6.45, 7) is 0.953. The summed E-state index contributed by atoms with van der Waals surface area (Å²) in [4.78, 5) is 0. The minimum Gasteiger partial charge on any atom is -0.495 e. The first kappa shape index (κ1) is 19.7. The van der Waals surface area contributed by atoms with E-state index in [9.17, 15) is 0 Å². The van der Waals surface area contributed by atoms with Gasteiger partial charge in [-0.25, -0.2) is 0 Å². The molecule has 3 nitrogen and oxygen atoms in total. The zero-order chi connectivity index (χ0) is 19.2. The molecule has 140 valence electrons. The number of hydrogen-bond donors (Lipinski definition) is 1. The smallest absolute Gasteiger partial charge is 0.137 e. The Kier molecular flexibility index (Phi) is 6.73. The van der Waals surface area contributed by atoms with E-state index in [1.807, 2.05) is 48.5 Å². The van der Waals surface area contributed by atoms with Gasteiger partial charge < -0.3 is 14.8 Å². The lowest BCUT2D eigenvalue weighted by Crippen LogP contribution is -2.04. The third-order valence-electron chi connectivity index (χ3n) is 4.01. The van der Waals surface area contributed by atoms with E-state index in [1.54, 1.807) is 19.2 Å². The van der Waals surface area contributed by atoms with E-state index >= 15 is 0 Å². The Balaban J connectivity index is 1.67. The number of benzene rings is 3. The van der Waals surface area contributed by atoms with Crippen molar-refractivity contribution in [2.45, 2.75) is 13.2 Å². The fourth-order valence-corrected chi connectivity index (χ4v) is 3.28. The van der Waals surface area contributed by atoms with Crippen molar-refractivity contribution < 1.29 is 9.47 Å². The van der Waals surface area contributed by atoms with E-state index < -0.39 is 0 Å². The SMILES string of the molecule is COc1ccc(NCc2ccccc2OCc2ccc(Cl)cc2Cl)cc1Cl. The topological polar surface area (TPSA) is 30.5 Å². The highest BCUT2D eigenvalue weighted by Gasteiger charge is 2.07. The molecule has 0 aliphatic heterocycles. The Morgan fingerprint density at radius 3 is 2.37 bits per heavy atom. The summed E-state index contributed by atoms with van der Waals surface area (Å²) in [5.41, 5.74) is 2.80. The highest BCUT2D eigenvalue weighted by Crippen LogP contribution is 2.28. The van der Waals surface area contributed by atoms with Crippen LogP contribution in [0.4, 0.5) is 5.69 Å². The molecule has 0 aliphatic rings. The maximum Gasteiger partial charge on any atom is 0.137 e. The molecule has 0 fully saturated rings. The average Bonchev–Trinajstić information content (AvgIpc) is 2.66. The number of anilines is 1. The average molecular weight is 423 g/mol. The summed E-state index contributed by atoms with van der Waals surface area (Å²) in [5, 5.41) is 5.10. The van der Waals surface area contributed by atoms with Crippen LogP contribution in [0, 0.1) is 0 Å². The lowest BCUT2D eigenvalue weighted by Gasteiger charge is -2.14. The standard InChI is InChI=1S/C21H18Cl3NO2/c1-26-21-9-8-17(11-19(21)24)25-12-14-4-2-3-5-20(14)27-13-15-6-7-16(22)10-18(15)23/h2-11,25H,12-13H2,1H3. The second kappa shape index (κ2) is 9.23. The van der Waals surface area contributed by atoms with Crippen molar-refractivity contribution in [3.8, 4) is 11.5 Å². The molecule has 3 aromatic rings. The van der Waals surface area contributed by atoms with Crippen molar-refractivity contribution in [2.75, 3.05) is 12.4 Å². The summed E-state index contributed by atoms with van der Waals surface area (Å²) in [6.07, 6.45) is 0. The van der Waals surface area contributed by atoms with Crippen LogP contribution in [0.2, 0.25) is 15.1 Å². The lowest BCUT2D eigenvalue weighted by atomic mass is 10.2. The molecule has 0 spiro atoms. The molecule has 0 heterocycles. The fourth-order valence-electron chi connectivity index (χ4n) is 2.56. The first-order chi connectivity index (χ1) is 13.1. The summed E-state index contributed by atoms with van der Waals surface area (Å²) >= 11 is 18.3. The predicted molar refractivity (Wildman–Crippen MR) is 113 cm³/mol. The summed E-state index contributed by atoms with van der Waals surface area (Å²) in [7, 11) is 1.59. The number of ether oxygens (including phenoxy) is 2. The Bertz CT molecular complexity index is 931. The fraction of sp³-hybridized carbons (Fsp3) is 0.143. The van der Waals surface area contributed by atoms with E-state index in [0.29, 0.717) is 34.0 Å². The van der Waals surface area contributed by atoms with Gasteiger partial charge in [-0.3, -0.25) is 0 Å². The zero-order valence-corrected chi connectivity index (χ0v) is 16.9. The molecule has 0 unspecified atom stereocenters. The number of halogens is 3. The third-order valence-corrected chi connectivity index (χ3v) is 4.89. The van der Waals surface area contributed by atoms with Crippen LogP contribution in [-0.4, -0.2) is 7.11 Å². The van der Waals surface area contributed by atoms with Crippen LogP contribution in [0.1, 0.15) is 11.1 Å². The van der Waals surface area contributed by atoms with Crippen LogP contribution < -0.4 is 14.8 Å². The molecule has 0 bridgehead atoms. The minimum atomic E-state index is 0.362. The molecular weight excluding hydrogens is 405 g/mol. The largest absolute Gasteiger partial charge is 0.495 e. The Hall–Kier alpha value is -2.07. The molecule has 0 saturated heterocycles. The van der Waals surface area contributed by atoms with E-state index in [4.69, 9.17) is 44.3 Å². The first-order valence-electron chi connectivity index (χ1n) is 8.29. The number of rotatable bonds is 7. The van der Waals surface area contributed by atoms with Crippen molar-refractivity contribution in [1.82, 2.24) is 0 Å². The highest BCUT2D eigenvalue weighted by molar-refractivity contribution is 6.35. The molecule has 0 atom stereocenters. The summed E-state index contributed by atoms with van der Waals surface area (Å²) in [5.74, 6) is 1.43. The summed E-state index contributed by atoms with van der Waals surface area (Å²) < 4.78 is 11.2. The predicted octanol–water partition coefficient (Wildman–Crippen LogP) is 6.85. The van der Waals surface area contributed by atoms with Crippen LogP contribution in [-0.2, 0) is 13.2 Å². The van der Waals surface area contributed by atoms with Crippen LogP contribution in [0.15, 0.2) is 60.7 Å². The van der Waals surface area contributed by atoms with Crippen molar-refractivity contribution >= 4 is 40.5 Å². The maximum atomic E-state index is 6.22. The minimum absolute atomic E-state index is 0.362. The van der Waals surface area contributed by atoms with Gasteiger partial charge in [0.15, 0.2) is 0 Å². The zero-order valence-electron chi connectivity index (χ0n) is 14.6. The quantitative estimate of drug-likeness (QED) is 0.452. The second-order valence-corrected chi connectivity index (χ2v) is 7.09. The maximum absolute atomic E-state index is 6.22. The molecule has 3 aromatic carbocycles. The molecule has 0 aromatic heterocycles. The van der Waals surface area contributed by atoms with Gasteiger partial charge in [0.2, 0.25) is 0 Å². The lowest BCUT2D eigenvalue weighted by molar-refractivity contribution is 0.303.